The van der Waals surface area contributed by atoms with Crippen molar-refractivity contribution in [2.45, 2.75) is 39.4 Å². The molecule has 0 aliphatic heterocycles. The second kappa shape index (κ2) is 5.42. The Kier molecular flexibility index (Phi) is 3.91. The first-order valence-electron chi connectivity index (χ1n) is 5.79. The molecule has 1 N–H and O–H groups in total. The standard InChI is InChI=1S/C12H18N4S/c1-9(6-16-5-4-13-8-16)14-10(2)12-7-17-11(3)15-12/h4-5,7-10,14H,6H2,1-3H3. The molecule has 2 aromatic heterocycles. The second-order valence-electron chi connectivity index (χ2n) is 4.34. The first-order valence-corrected chi connectivity index (χ1v) is 6.67. The molecule has 17 heavy (non-hydrogen) atoms. The molecule has 2 aromatic rings. The van der Waals surface area contributed by atoms with E-state index >= 15 is 0 Å². The van der Waals surface area contributed by atoms with Crippen LogP contribution in [0.3, 0.4) is 0 Å². The predicted molar refractivity (Wildman–Crippen MR) is 70.1 cm³/mol. The van der Waals surface area contributed by atoms with Gasteiger partial charge in [-0.3, -0.25) is 0 Å². The van der Waals surface area contributed by atoms with E-state index in [1.165, 1.54) is 0 Å². The molecule has 0 aliphatic carbocycles. The van der Waals surface area contributed by atoms with Crippen molar-refractivity contribution in [1.29, 1.82) is 0 Å². The van der Waals surface area contributed by atoms with E-state index in [1.54, 1.807) is 17.5 Å². The fourth-order valence-electron chi connectivity index (χ4n) is 1.85. The van der Waals surface area contributed by atoms with Gasteiger partial charge in [-0.25, -0.2) is 9.97 Å². The van der Waals surface area contributed by atoms with Gasteiger partial charge in [-0.05, 0) is 20.8 Å². The van der Waals surface area contributed by atoms with E-state index in [0.717, 1.165) is 17.2 Å². The molecular weight excluding hydrogens is 232 g/mol. The lowest BCUT2D eigenvalue weighted by Crippen LogP contribution is -2.32. The van der Waals surface area contributed by atoms with E-state index in [9.17, 15) is 0 Å². The van der Waals surface area contributed by atoms with Crippen molar-refractivity contribution in [1.82, 2.24) is 19.9 Å². The van der Waals surface area contributed by atoms with E-state index in [1.807, 2.05) is 19.4 Å². The maximum absolute atomic E-state index is 4.50. The van der Waals surface area contributed by atoms with Crippen molar-refractivity contribution in [3.8, 4) is 0 Å². The molecule has 0 amide bonds. The molecule has 0 saturated heterocycles. The van der Waals surface area contributed by atoms with Crippen LogP contribution >= 0.6 is 11.3 Å². The Morgan fingerprint density at radius 2 is 2.29 bits per heavy atom. The minimum Gasteiger partial charge on any atom is -0.336 e. The monoisotopic (exact) mass is 250 g/mol. The SMILES string of the molecule is Cc1nc(C(C)NC(C)Cn2ccnc2)cs1. The zero-order valence-electron chi connectivity index (χ0n) is 10.4. The van der Waals surface area contributed by atoms with Crippen LogP contribution in [0.4, 0.5) is 0 Å². The zero-order valence-corrected chi connectivity index (χ0v) is 11.2. The van der Waals surface area contributed by atoms with Crippen LogP contribution in [0.25, 0.3) is 0 Å². The third-order valence-corrected chi connectivity index (χ3v) is 3.45. The number of thiazole rings is 1. The lowest BCUT2D eigenvalue weighted by Gasteiger charge is -2.19. The minimum atomic E-state index is 0.290. The number of hydrogen-bond donors (Lipinski definition) is 1. The molecule has 0 bridgehead atoms. The maximum atomic E-state index is 4.50. The molecule has 0 fully saturated rings. The summed E-state index contributed by atoms with van der Waals surface area (Å²) in [7, 11) is 0. The van der Waals surface area contributed by atoms with Crippen LogP contribution in [0.5, 0.6) is 0 Å². The van der Waals surface area contributed by atoms with Crippen molar-refractivity contribution in [2.75, 3.05) is 0 Å². The van der Waals surface area contributed by atoms with E-state index in [2.05, 4.69) is 39.1 Å². The smallest absolute Gasteiger partial charge is 0.0946 e. The minimum absolute atomic E-state index is 0.290. The number of aryl methyl sites for hydroxylation is 1. The summed E-state index contributed by atoms with van der Waals surface area (Å²) >= 11 is 1.70. The van der Waals surface area contributed by atoms with E-state index in [0.29, 0.717) is 12.1 Å². The van der Waals surface area contributed by atoms with Gasteiger partial charge < -0.3 is 9.88 Å². The Hall–Kier alpha value is -1.20. The van der Waals surface area contributed by atoms with Gasteiger partial charge in [-0.1, -0.05) is 0 Å². The van der Waals surface area contributed by atoms with Crippen LogP contribution < -0.4 is 5.32 Å². The first kappa shape index (κ1) is 12.3. The van der Waals surface area contributed by atoms with E-state index in [4.69, 9.17) is 0 Å². The fourth-order valence-corrected chi connectivity index (χ4v) is 2.56. The number of nitrogens with one attached hydrogen (secondary N) is 1. The summed E-state index contributed by atoms with van der Waals surface area (Å²) < 4.78 is 2.08. The normalized spacial score (nSPS) is 14.8. The van der Waals surface area contributed by atoms with Crippen LogP contribution in [-0.4, -0.2) is 20.6 Å². The van der Waals surface area contributed by atoms with Crippen molar-refractivity contribution in [3.05, 3.63) is 34.8 Å². The van der Waals surface area contributed by atoms with Gasteiger partial charge >= 0.3 is 0 Å². The molecular formula is C12H18N4S. The predicted octanol–water partition coefficient (Wildman–Crippen LogP) is 2.39. The van der Waals surface area contributed by atoms with Crippen molar-refractivity contribution in [3.63, 3.8) is 0 Å². The Morgan fingerprint density at radius 1 is 1.47 bits per heavy atom. The average Bonchev–Trinajstić information content (AvgIpc) is 2.89. The summed E-state index contributed by atoms with van der Waals surface area (Å²) in [5.41, 5.74) is 1.13. The topological polar surface area (TPSA) is 42.7 Å². The van der Waals surface area contributed by atoms with Crippen molar-refractivity contribution < 1.29 is 0 Å². The molecule has 92 valence electrons. The van der Waals surface area contributed by atoms with Gasteiger partial charge in [0.15, 0.2) is 0 Å². The van der Waals surface area contributed by atoms with Gasteiger partial charge in [0.25, 0.3) is 0 Å². The summed E-state index contributed by atoms with van der Waals surface area (Å²) in [6, 6.07) is 0.680. The third kappa shape index (κ3) is 3.38. The quantitative estimate of drug-likeness (QED) is 0.886. The van der Waals surface area contributed by atoms with Crippen LogP contribution in [0.1, 0.15) is 30.6 Å². The highest BCUT2D eigenvalue weighted by Crippen LogP contribution is 2.16. The molecule has 0 saturated carbocycles. The maximum Gasteiger partial charge on any atom is 0.0946 e. The second-order valence-corrected chi connectivity index (χ2v) is 5.40. The van der Waals surface area contributed by atoms with Crippen LogP contribution in [-0.2, 0) is 6.54 Å². The molecule has 5 heteroatoms. The van der Waals surface area contributed by atoms with Gasteiger partial charge in [0.2, 0.25) is 0 Å². The Balaban J connectivity index is 1.88. The molecule has 0 aliphatic rings. The number of nitrogens with zero attached hydrogens (tertiary/aromatic N) is 3. The van der Waals surface area contributed by atoms with Gasteiger partial charge in [0.05, 0.1) is 17.0 Å². The van der Waals surface area contributed by atoms with Crippen molar-refractivity contribution in [2.24, 2.45) is 0 Å². The Bertz CT molecular complexity index is 449. The molecule has 4 nitrogen and oxygen atoms in total. The van der Waals surface area contributed by atoms with Crippen LogP contribution in [0, 0.1) is 6.92 Å². The lowest BCUT2D eigenvalue weighted by atomic mass is 10.2. The average molecular weight is 250 g/mol. The van der Waals surface area contributed by atoms with Gasteiger partial charge in [-0.2, -0.15) is 0 Å². The highest BCUT2D eigenvalue weighted by Gasteiger charge is 2.12. The number of hydrogen-bond acceptors (Lipinski definition) is 4. The fraction of sp³-hybridized carbons (Fsp3) is 0.500. The summed E-state index contributed by atoms with van der Waals surface area (Å²) in [5.74, 6) is 0. The molecule has 0 radical (unpaired) electrons. The zero-order chi connectivity index (χ0) is 12.3. The number of imidazole rings is 1. The van der Waals surface area contributed by atoms with Gasteiger partial charge in [0, 0.05) is 36.4 Å². The molecule has 2 heterocycles. The molecule has 2 atom stereocenters. The van der Waals surface area contributed by atoms with Gasteiger partial charge in [-0.15, -0.1) is 11.3 Å². The Labute approximate surface area is 106 Å². The van der Waals surface area contributed by atoms with E-state index in [-0.39, 0.29) is 0 Å². The van der Waals surface area contributed by atoms with Crippen LogP contribution in [0.15, 0.2) is 24.1 Å². The van der Waals surface area contributed by atoms with Gasteiger partial charge in [0.1, 0.15) is 0 Å². The van der Waals surface area contributed by atoms with Crippen molar-refractivity contribution >= 4 is 11.3 Å². The highest BCUT2D eigenvalue weighted by atomic mass is 32.1. The van der Waals surface area contributed by atoms with Crippen LogP contribution in [0.2, 0.25) is 0 Å². The number of rotatable bonds is 5. The molecule has 0 aromatic carbocycles. The summed E-state index contributed by atoms with van der Waals surface area (Å²) in [4.78, 5) is 8.54. The lowest BCUT2D eigenvalue weighted by molar-refractivity contribution is 0.426. The summed E-state index contributed by atoms with van der Waals surface area (Å²) in [6.07, 6.45) is 5.63. The molecule has 2 unspecified atom stereocenters. The first-order chi connectivity index (χ1) is 8.15. The Morgan fingerprint density at radius 3 is 2.88 bits per heavy atom. The molecule has 2 rings (SSSR count). The highest BCUT2D eigenvalue weighted by molar-refractivity contribution is 7.09. The third-order valence-electron chi connectivity index (χ3n) is 2.66. The molecule has 0 spiro atoms. The largest absolute Gasteiger partial charge is 0.336 e. The summed E-state index contributed by atoms with van der Waals surface area (Å²) in [6.45, 7) is 7.29. The summed E-state index contributed by atoms with van der Waals surface area (Å²) in [5, 5.41) is 6.79. The van der Waals surface area contributed by atoms with E-state index < -0.39 is 0 Å². The number of aromatic nitrogens is 3.